The maximum atomic E-state index is 6.10. The Hall–Kier alpha value is -0.530. The van der Waals surface area contributed by atoms with Gasteiger partial charge in [0.25, 0.3) is 0 Å². The fourth-order valence-electron chi connectivity index (χ4n) is 2.81. The monoisotopic (exact) mass is 237 g/mol. The maximum absolute atomic E-state index is 6.10. The van der Waals surface area contributed by atoms with Crippen molar-refractivity contribution < 1.29 is 0 Å². The van der Waals surface area contributed by atoms with Crippen LogP contribution in [0.15, 0.2) is 18.2 Å². The summed E-state index contributed by atoms with van der Waals surface area (Å²) in [5.74, 6) is 0.603. The summed E-state index contributed by atoms with van der Waals surface area (Å²) in [6.07, 6.45) is 3.55. The fourth-order valence-corrected chi connectivity index (χ4v) is 2.99. The van der Waals surface area contributed by atoms with E-state index >= 15 is 0 Å². The lowest BCUT2D eigenvalue weighted by Gasteiger charge is -2.37. The molecule has 2 N–H and O–H groups in total. The van der Waals surface area contributed by atoms with Crippen LogP contribution in [0.5, 0.6) is 0 Å². The first-order valence-electron chi connectivity index (χ1n) is 6.04. The van der Waals surface area contributed by atoms with E-state index in [2.05, 4.69) is 26.0 Å². The molecule has 0 bridgehead atoms. The third-order valence-electron chi connectivity index (χ3n) is 3.82. The van der Waals surface area contributed by atoms with Gasteiger partial charge >= 0.3 is 0 Å². The van der Waals surface area contributed by atoms with Crippen molar-refractivity contribution in [3.8, 4) is 0 Å². The van der Waals surface area contributed by atoms with Crippen molar-refractivity contribution in [2.75, 3.05) is 6.54 Å². The van der Waals surface area contributed by atoms with Gasteiger partial charge in [-0.05, 0) is 60.4 Å². The Morgan fingerprint density at radius 1 is 1.44 bits per heavy atom. The summed E-state index contributed by atoms with van der Waals surface area (Å²) in [6.45, 7) is 5.40. The van der Waals surface area contributed by atoms with Crippen LogP contribution in [0.25, 0.3) is 0 Å². The number of rotatable bonds is 2. The molecular formula is C14H20ClN. The van der Waals surface area contributed by atoms with E-state index < -0.39 is 0 Å². The lowest BCUT2D eigenvalue weighted by molar-refractivity contribution is 0.384. The number of hydrogen-bond acceptors (Lipinski definition) is 1. The molecular weight excluding hydrogens is 218 g/mol. The van der Waals surface area contributed by atoms with E-state index in [1.807, 2.05) is 6.07 Å². The van der Waals surface area contributed by atoms with Gasteiger partial charge in [-0.15, -0.1) is 0 Å². The van der Waals surface area contributed by atoms with E-state index in [1.165, 1.54) is 24.0 Å². The van der Waals surface area contributed by atoms with E-state index in [1.54, 1.807) is 0 Å². The molecule has 0 saturated carbocycles. The summed E-state index contributed by atoms with van der Waals surface area (Å²) in [5, 5.41) is 0.846. The van der Waals surface area contributed by atoms with E-state index in [-0.39, 0.29) is 5.41 Å². The molecule has 1 nitrogen and oxygen atoms in total. The summed E-state index contributed by atoms with van der Waals surface area (Å²) >= 11 is 6.10. The second kappa shape index (κ2) is 4.38. The van der Waals surface area contributed by atoms with Crippen LogP contribution >= 0.6 is 11.6 Å². The summed E-state index contributed by atoms with van der Waals surface area (Å²) in [7, 11) is 0. The molecule has 0 aliphatic heterocycles. The number of halogens is 1. The van der Waals surface area contributed by atoms with Gasteiger partial charge in [0.05, 0.1) is 0 Å². The Balaban J connectivity index is 2.45. The molecule has 0 saturated heterocycles. The molecule has 2 heteroatoms. The van der Waals surface area contributed by atoms with Gasteiger partial charge in [-0.3, -0.25) is 0 Å². The molecule has 0 amide bonds. The maximum Gasteiger partial charge on any atom is 0.0409 e. The largest absolute Gasteiger partial charge is 0.330 e. The molecule has 2 rings (SSSR count). The first-order chi connectivity index (χ1) is 7.54. The van der Waals surface area contributed by atoms with Crippen LogP contribution in [0.4, 0.5) is 0 Å². The van der Waals surface area contributed by atoms with E-state index in [0.29, 0.717) is 5.92 Å². The Bertz CT molecular complexity index is 384. The highest BCUT2D eigenvalue weighted by atomic mass is 35.5. The summed E-state index contributed by atoms with van der Waals surface area (Å²) in [4.78, 5) is 0. The lowest BCUT2D eigenvalue weighted by atomic mass is 9.68. The average molecular weight is 238 g/mol. The molecule has 0 fully saturated rings. The molecule has 1 aromatic carbocycles. The zero-order valence-electron chi connectivity index (χ0n) is 10.1. The molecule has 0 heterocycles. The fraction of sp³-hybridized carbons (Fsp3) is 0.571. The van der Waals surface area contributed by atoms with Crippen LogP contribution < -0.4 is 5.73 Å². The molecule has 0 spiro atoms. The second-order valence-electron chi connectivity index (χ2n) is 5.43. The van der Waals surface area contributed by atoms with Crippen molar-refractivity contribution in [3.05, 3.63) is 34.3 Å². The van der Waals surface area contributed by atoms with Crippen molar-refractivity contribution >= 4 is 11.6 Å². The second-order valence-corrected chi connectivity index (χ2v) is 5.86. The summed E-state index contributed by atoms with van der Waals surface area (Å²) < 4.78 is 0. The highest BCUT2D eigenvalue weighted by molar-refractivity contribution is 6.30. The van der Waals surface area contributed by atoms with Gasteiger partial charge in [0.15, 0.2) is 0 Å². The Morgan fingerprint density at radius 2 is 2.19 bits per heavy atom. The van der Waals surface area contributed by atoms with Gasteiger partial charge in [0.2, 0.25) is 0 Å². The Labute approximate surface area is 103 Å². The highest BCUT2D eigenvalue weighted by Gasteiger charge is 2.32. The van der Waals surface area contributed by atoms with Gasteiger partial charge in [0, 0.05) is 5.02 Å². The van der Waals surface area contributed by atoms with Crippen LogP contribution in [0.1, 0.15) is 50.2 Å². The smallest absolute Gasteiger partial charge is 0.0409 e. The van der Waals surface area contributed by atoms with E-state index in [4.69, 9.17) is 17.3 Å². The predicted molar refractivity (Wildman–Crippen MR) is 70.1 cm³/mol. The highest BCUT2D eigenvalue weighted by Crippen LogP contribution is 2.44. The third kappa shape index (κ3) is 2.11. The van der Waals surface area contributed by atoms with Gasteiger partial charge in [0.1, 0.15) is 0 Å². The van der Waals surface area contributed by atoms with E-state index in [0.717, 1.165) is 18.0 Å². The average Bonchev–Trinajstić information content (AvgIpc) is 2.22. The summed E-state index contributed by atoms with van der Waals surface area (Å²) in [5.41, 5.74) is 8.86. The first kappa shape index (κ1) is 11.9. The van der Waals surface area contributed by atoms with Gasteiger partial charge in [-0.25, -0.2) is 0 Å². The van der Waals surface area contributed by atoms with Crippen LogP contribution in [0, 0.1) is 0 Å². The van der Waals surface area contributed by atoms with Crippen LogP contribution in [0.3, 0.4) is 0 Å². The van der Waals surface area contributed by atoms with Gasteiger partial charge in [-0.1, -0.05) is 31.5 Å². The van der Waals surface area contributed by atoms with Crippen LogP contribution in [-0.2, 0) is 5.41 Å². The molecule has 0 radical (unpaired) electrons. The minimum Gasteiger partial charge on any atom is -0.330 e. The number of hydrogen-bond donors (Lipinski definition) is 1. The topological polar surface area (TPSA) is 26.0 Å². The van der Waals surface area contributed by atoms with Crippen LogP contribution in [0.2, 0.25) is 5.02 Å². The predicted octanol–water partition coefficient (Wildman–Crippen LogP) is 3.84. The van der Waals surface area contributed by atoms with Crippen molar-refractivity contribution in [2.45, 2.75) is 44.4 Å². The normalized spacial score (nSPS) is 22.9. The number of fused-ring (bicyclic) bond motifs is 1. The van der Waals surface area contributed by atoms with Gasteiger partial charge in [-0.2, -0.15) is 0 Å². The van der Waals surface area contributed by atoms with Gasteiger partial charge < -0.3 is 5.73 Å². The minimum absolute atomic E-state index is 0.283. The van der Waals surface area contributed by atoms with E-state index in [9.17, 15) is 0 Å². The van der Waals surface area contributed by atoms with Crippen molar-refractivity contribution in [3.63, 3.8) is 0 Å². The standard InChI is InChI=1S/C14H20ClN/c1-14(2)7-5-10(6-8-16)12-9-11(15)3-4-13(12)14/h3-4,9-10H,5-8,16H2,1-2H3. The molecule has 16 heavy (non-hydrogen) atoms. The SMILES string of the molecule is CC1(C)CCC(CCN)c2cc(Cl)ccc21. The Kier molecular flexibility index (Phi) is 3.27. The molecule has 1 unspecified atom stereocenters. The number of benzene rings is 1. The van der Waals surface area contributed by atoms with Crippen molar-refractivity contribution in [1.29, 1.82) is 0 Å². The first-order valence-corrected chi connectivity index (χ1v) is 6.42. The van der Waals surface area contributed by atoms with Crippen LogP contribution in [-0.4, -0.2) is 6.54 Å². The third-order valence-corrected chi connectivity index (χ3v) is 4.05. The zero-order chi connectivity index (χ0) is 11.8. The Morgan fingerprint density at radius 3 is 2.88 bits per heavy atom. The lowest BCUT2D eigenvalue weighted by Crippen LogP contribution is -2.27. The summed E-state index contributed by atoms with van der Waals surface area (Å²) in [6, 6.07) is 6.34. The minimum atomic E-state index is 0.283. The molecule has 88 valence electrons. The molecule has 1 atom stereocenters. The molecule has 0 aromatic heterocycles. The molecule has 1 aliphatic carbocycles. The quantitative estimate of drug-likeness (QED) is 0.831. The zero-order valence-corrected chi connectivity index (χ0v) is 10.8. The molecule has 1 aromatic rings. The molecule has 1 aliphatic rings. The van der Waals surface area contributed by atoms with Crippen molar-refractivity contribution in [2.24, 2.45) is 5.73 Å². The van der Waals surface area contributed by atoms with Crippen molar-refractivity contribution in [1.82, 2.24) is 0 Å². The number of nitrogens with two attached hydrogens (primary N) is 1.